The molecule has 40 heavy (non-hydrogen) atoms. The summed E-state index contributed by atoms with van der Waals surface area (Å²) in [6, 6.07) is 11.9. The lowest BCUT2D eigenvalue weighted by Crippen LogP contribution is -2.56. The summed E-state index contributed by atoms with van der Waals surface area (Å²) >= 11 is 6.28. The van der Waals surface area contributed by atoms with Crippen molar-refractivity contribution < 1.29 is 23.9 Å². The fourth-order valence-corrected chi connectivity index (χ4v) is 7.01. The fraction of sp³-hybridized carbons (Fsp3) is 0.452. The van der Waals surface area contributed by atoms with Gasteiger partial charge in [-0.3, -0.25) is 14.4 Å². The second-order valence-corrected chi connectivity index (χ2v) is 11.7. The Bertz CT molecular complexity index is 1370. The second kappa shape index (κ2) is 10.6. The maximum Gasteiger partial charge on any atom is 0.246 e. The molecule has 2 bridgehead atoms. The van der Waals surface area contributed by atoms with Crippen LogP contribution in [-0.4, -0.2) is 53.5 Å². The molecule has 3 fully saturated rings. The van der Waals surface area contributed by atoms with Crippen LogP contribution >= 0.6 is 11.6 Å². The van der Waals surface area contributed by atoms with Crippen LogP contribution in [-0.2, 0) is 25.7 Å². The van der Waals surface area contributed by atoms with Gasteiger partial charge in [-0.15, -0.1) is 0 Å². The van der Waals surface area contributed by atoms with Crippen LogP contribution in [0.1, 0.15) is 43.2 Å². The van der Waals surface area contributed by atoms with E-state index < -0.39 is 29.6 Å². The maximum absolute atomic E-state index is 14.2. The van der Waals surface area contributed by atoms with Crippen LogP contribution in [0.4, 0.5) is 5.69 Å². The van der Waals surface area contributed by atoms with Crippen molar-refractivity contribution in [3.05, 3.63) is 70.8 Å². The lowest BCUT2D eigenvalue weighted by molar-refractivity contribution is -0.142. The van der Waals surface area contributed by atoms with Crippen molar-refractivity contribution in [3.8, 4) is 5.75 Å². The number of ether oxygens (including phenoxy) is 2. The highest BCUT2D eigenvalue weighted by Crippen LogP contribution is 2.55. The zero-order valence-corrected chi connectivity index (χ0v) is 23.4. The van der Waals surface area contributed by atoms with Crippen molar-refractivity contribution in [2.24, 2.45) is 11.8 Å². The molecule has 2 aromatic carbocycles. The molecule has 3 aliphatic heterocycles. The van der Waals surface area contributed by atoms with Gasteiger partial charge in [0.15, 0.2) is 0 Å². The molecule has 2 N–H and O–H groups in total. The summed E-state index contributed by atoms with van der Waals surface area (Å²) in [5, 5.41) is 6.69. The largest absolute Gasteiger partial charge is 0.497 e. The third-order valence-corrected chi connectivity index (χ3v) is 9.21. The predicted octanol–water partition coefficient (Wildman–Crippen LogP) is 4.40. The number of amides is 3. The minimum absolute atomic E-state index is 0.0680. The van der Waals surface area contributed by atoms with Crippen molar-refractivity contribution in [1.29, 1.82) is 0 Å². The molecule has 6 rings (SSSR count). The first-order valence-electron chi connectivity index (χ1n) is 14.0. The quantitative estimate of drug-likeness (QED) is 0.487. The topological polar surface area (TPSA) is 97.0 Å². The van der Waals surface area contributed by atoms with Gasteiger partial charge in [-0.05, 0) is 55.2 Å². The number of likely N-dealkylation sites (tertiary alicyclic amines) is 1. The molecular weight excluding hydrogens is 530 g/mol. The zero-order chi connectivity index (χ0) is 28.0. The molecule has 0 aromatic heterocycles. The maximum atomic E-state index is 14.2. The van der Waals surface area contributed by atoms with Crippen molar-refractivity contribution >= 4 is 35.0 Å². The van der Waals surface area contributed by atoms with Gasteiger partial charge in [-0.2, -0.15) is 0 Å². The number of nitrogens with one attached hydrogen (secondary N) is 2. The summed E-state index contributed by atoms with van der Waals surface area (Å²) in [6.45, 7) is 2.08. The molecule has 0 radical (unpaired) electrons. The van der Waals surface area contributed by atoms with E-state index in [4.69, 9.17) is 21.1 Å². The van der Waals surface area contributed by atoms with E-state index in [0.29, 0.717) is 16.5 Å². The molecular formula is C31H34ClN3O5. The van der Waals surface area contributed by atoms with Crippen LogP contribution in [0.15, 0.2) is 54.6 Å². The number of aryl methyl sites for hydroxylation is 1. The molecule has 0 unspecified atom stereocenters. The number of carbonyl (C=O) groups excluding carboxylic acids is 3. The van der Waals surface area contributed by atoms with Gasteiger partial charge in [-0.1, -0.05) is 61.2 Å². The van der Waals surface area contributed by atoms with Gasteiger partial charge in [0.1, 0.15) is 17.4 Å². The Hall–Kier alpha value is -3.36. The summed E-state index contributed by atoms with van der Waals surface area (Å²) in [5.41, 5.74) is 1.06. The van der Waals surface area contributed by atoms with Gasteiger partial charge in [0.25, 0.3) is 0 Å². The number of carbonyl (C=O) groups is 3. The number of hydrogen-bond acceptors (Lipinski definition) is 5. The summed E-state index contributed by atoms with van der Waals surface area (Å²) < 4.78 is 11.8. The minimum atomic E-state index is -1.22. The normalized spacial score (nSPS) is 29.0. The smallest absolute Gasteiger partial charge is 0.246 e. The summed E-state index contributed by atoms with van der Waals surface area (Å²) in [6.07, 6.45) is 8.21. The highest BCUT2D eigenvalue weighted by molar-refractivity contribution is 6.31. The molecule has 9 heteroatoms. The van der Waals surface area contributed by atoms with E-state index in [0.717, 1.165) is 36.8 Å². The summed E-state index contributed by atoms with van der Waals surface area (Å²) in [5.74, 6) is -1.77. The number of fused-ring (bicyclic) bond motifs is 1. The number of benzene rings is 2. The zero-order valence-electron chi connectivity index (χ0n) is 22.7. The number of rotatable bonds is 7. The molecule has 3 heterocycles. The number of nitrogens with zero attached hydrogens (tertiary/aromatic N) is 1. The molecule has 1 saturated carbocycles. The Morgan fingerprint density at radius 3 is 2.67 bits per heavy atom. The lowest BCUT2D eigenvalue weighted by Gasteiger charge is -2.34. The Balaban J connectivity index is 1.32. The van der Waals surface area contributed by atoms with E-state index in [1.165, 1.54) is 6.42 Å². The van der Waals surface area contributed by atoms with E-state index in [1.54, 1.807) is 24.1 Å². The van der Waals surface area contributed by atoms with E-state index in [1.807, 2.05) is 49.4 Å². The van der Waals surface area contributed by atoms with Crippen molar-refractivity contribution in [2.45, 2.75) is 69.4 Å². The SMILES string of the molecule is COc1cccc(CN2C(=O)[C@H]3[C@H](C(=O)Nc4ccc(C)c(Cl)c4)[C@H]4C=C[C@@]3(O4)[C@@H]2C(=O)NC2CCCCC2)c1. The van der Waals surface area contributed by atoms with E-state index >= 15 is 0 Å². The van der Waals surface area contributed by atoms with E-state index in [2.05, 4.69) is 10.6 Å². The van der Waals surface area contributed by atoms with Crippen LogP contribution < -0.4 is 15.4 Å². The summed E-state index contributed by atoms with van der Waals surface area (Å²) in [7, 11) is 1.59. The molecule has 1 spiro atoms. The molecule has 2 saturated heterocycles. The van der Waals surface area contributed by atoms with Crippen LogP contribution in [0.2, 0.25) is 5.02 Å². The van der Waals surface area contributed by atoms with Gasteiger partial charge < -0.3 is 25.0 Å². The minimum Gasteiger partial charge on any atom is -0.497 e. The van der Waals surface area contributed by atoms with Crippen LogP contribution in [0, 0.1) is 18.8 Å². The lowest BCUT2D eigenvalue weighted by atomic mass is 9.74. The Labute approximate surface area is 239 Å². The average molecular weight is 564 g/mol. The monoisotopic (exact) mass is 563 g/mol. The average Bonchev–Trinajstić information content (AvgIpc) is 3.59. The number of hydrogen-bond donors (Lipinski definition) is 2. The van der Waals surface area contributed by atoms with Gasteiger partial charge >= 0.3 is 0 Å². The predicted molar refractivity (Wildman–Crippen MR) is 151 cm³/mol. The molecule has 210 valence electrons. The number of methoxy groups -OCH3 is 1. The van der Waals surface area contributed by atoms with Crippen LogP contribution in [0.25, 0.3) is 0 Å². The van der Waals surface area contributed by atoms with Crippen LogP contribution in [0.5, 0.6) is 5.75 Å². The molecule has 8 nitrogen and oxygen atoms in total. The third-order valence-electron chi connectivity index (χ3n) is 8.80. The number of anilines is 1. The first-order chi connectivity index (χ1) is 19.3. The highest BCUT2D eigenvalue weighted by Gasteiger charge is 2.72. The van der Waals surface area contributed by atoms with Gasteiger partial charge in [0, 0.05) is 23.3 Å². The van der Waals surface area contributed by atoms with Crippen LogP contribution in [0.3, 0.4) is 0 Å². The summed E-state index contributed by atoms with van der Waals surface area (Å²) in [4.78, 5) is 43.5. The van der Waals surface area contributed by atoms with Gasteiger partial charge in [0.05, 0.1) is 25.0 Å². The third kappa shape index (κ3) is 4.57. The molecule has 4 aliphatic rings. The van der Waals surface area contributed by atoms with Gasteiger partial charge in [0.2, 0.25) is 17.7 Å². The number of halogens is 1. The van der Waals surface area contributed by atoms with E-state index in [-0.39, 0.29) is 30.3 Å². The molecule has 2 aromatic rings. The molecule has 3 amide bonds. The Morgan fingerprint density at radius 2 is 1.93 bits per heavy atom. The fourth-order valence-electron chi connectivity index (χ4n) is 6.83. The Morgan fingerprint density at radius 1 is 1.12 bits per heavy atom. The van der Waals surface area contributed by atoms with E-state index in [9.17, 15) is 14.4 Å². The first kappa shape index (κ1) is 26.8. The molecule has 5 atom stereocenters. The Kier molecular flexibility index (Phi) is 7.09. The van der Waals surface area contributed by atoms with Gasteiger partial charge in [-0.25, -0.2) is 0 Å². The highest BCUT2D eigenvalue weighted by atomic mass is 35.5. The molecule has 1 aliphatic carbocycles. The van der Waals surface area contributed by atoms with Crippen molar-refractivity contribution in [2.75, 3.05) is 12.4 Å². The standard InChI is InChI=1S/C31H34ClN3O5/c1-18-11-12-21(16-23(18)32)34-28(36)25-24-13-14-31(40-24)26(25)30(38)35(17-19-7-6-10-22(15-19)39-2)27(31)29(37)33-20-8-4-3-5-9-20/h6-7,10-16,20,24-27H,3-5,8-9,17H2,1-2H3,(H,33,37)(H,34,36)/t24-,25-,26-,27+,31+/m1/s1. The van der Waals surface area contributed by atoms with Crippen molar-refractivity contribution in [3.63, 3.8) is 0 Å². The van der Waals surface area contributed by atoms with Crippen molar-refractivity contribution in [1.82, 2.24) is 10.2 Å². The first-order valence-corrected chi connectivity index (χ1v) is 14.4. The second-order valence-electron chi connectivity index (χ2n) is 11.3.